The summed E-state index contributed by atoms with van der Waals surface area (Å²) in [6.07, 6.45) is 4.15. The van der Waals surface area contributed by atoms with E-state index >= 15 is 0 Å². The summed E-state index contributed by atoms with van der Waals surface area (Å²) in [7, 11) is 0. The first-order valence-electron chi connectivity index (χ1n) is 7.70. The number of hydrogen-bond donors (Lipinski definition) is 4. The third-order valence-electron chi connectivity index (χ3n) is 3.52. The molecule has 1 aromatic heterocycles. The number of aromatic nitrogens is 1. The first-order valence-corrected chi connectivity index (χ1v) is 7.70. The standard InChI is InChI=1S/C19H16N4O3/c20-19(21)22-15-3-1-2-14(10-15)16-11-26-18(23-16)13-7-4-12(5-8-13)6-9-17(24)25/h1-11H,(H,24,25)(H4,20,21,22). The Morgan fingerprint density at radius 3 is 2.65 bits per heavy atom. The molecule has 3 aromatic rings. The minimum absolute atomic E-state index is 0.139. The third kappa shape index (κ3) is 4.15. The molecule has 1 heterocycles. The normalized spacial score (nSPS) is 10.8. The van der Waals surface area contributed by atoms with Crippen LogP contribution in [0.5, 0.6) is 0 Å². The van der Waals surface area contributed by atoms with Crippen LogP contribution in [0.3, 0.4) is 0 Å². The average molecular weight is 348 g/mol. The number of carbonyl (C=O) groups is 1. The highest BCUT2D eigenvalue weighted by atomic mass is 16.4. The van der Waals surface area contributed by atoms with Crippen molar-refractivity contribution in [2.24, 2.45) is 5.73 Å². The molecule has 5 N–H and O–H groups in total. The summed E-state index contributed by atoms with van der Waals surface area (Å²) in [6, 6.07) is 14.5. The Balaban J connectivity index is 1.81. The van der Waals surface area contributed by atoms with E-state index in [1.165, 1.54) is 6.08 Å². The van der Waals surface area contributed by atoms with Crippen LogP contribution in [0.25, 0.3) is 28.8 Å². The quantitative estimate of drug-likeness (QED) is 0.318. The fourth-order valence-corrected chi connectivity index (χ4v) is 2.36. The molecule has 0 radical (unpaired) electrons. The summed E-state index contributed by atoms with van der Waals surface area (Å²) in [5.41, 5.74) is 9.06. The van der Waals surface area contributed by atoms with E-state index in [0.29, 0.717) is 17.3 Å². The maximum atomic E-state index is 10.5. The molecule has 3 rings (SSSR count). The Bertz CT molecular complexity index is 974. The molecule has 7 heteroatoms. The summed E-state index contributed by atoms with van der Waals surface area (Å²) in [5.74, 6) is -0.674. The predicted molar refractivity (Wildman–Crippen MR) is 99.6 cm³/mol. The summed E-state index contributed by atoms with van der Waals surface area (Å²) in [4.78, 5) is 15.0. The maximum absolute atomic E-state index is 10.5. The van der Waals surface area contributed by atoms with Crippen molar-refractivity contribution >= 4 is 23.7 Å². The summed E-state index contributed by atoms with van der Waals surface area (Å²) >= 11 is 0. The Morgan fingerprint density at radius 1 is 1.19 bits per heavy atom. The SMILES string of the molecule is N=C(N)Nc1cccc(-c2coc(-c3ccc(C=CC(=O)O)cc3)n2)c1. The number of benzene rings is 2. The van der Waals surface area contributed by atoms with Crippen LogP contribution in [0.4, 0.5) is 5.69 Å². The molecule has 0 atom stereocenters. The van der Waals surface area contributed by atoms with Crippen molar-refractivity contribution in [2.75, 3.05) is 5.32 Å². The Labute approximate surface area is 149 Å². The number of nitrogens with one attached hydrogen (secondary N) is 2. The number of nitrogens with zero attached hydrogens (tertiary/aromatic N) is 1. The smallest absolute Gasteiger partial charge is 0.328 e. The number of anilines is 1. The van der Waals surface area contributed by atoms with Gasteiger partial charge in [0.25, 0.3) is 0 Å². The second-order valence-electron chi connectivity index (χ2n) is 5.45. The number of carboxylic acids is 1. The van der Waals surface area contributed by atoms with Gasteiger partial charge >= 0.3 is 5.97 Å². The van der Waals surface area contributed by atoms with Crippen LogP contribution in [0.15, 0.2) is 65.3 Å². The second-order valence-corrected chi connectivity index (χ2v) is 5.45. The van der Waals surface area contributed by atoms with Crippen molar-refractivity contribution in [3.63, 3.8) is 0 Å². The van der Waals surface area contributed by atoms with Crippen molar-refractivity contribution in [1.29, 1.82) is 5.41 Å². The minimum Gasteiger partial charge on any atom is -0.478 e. The highest BCUT2D eigenvalue weighted by Gasteiger charge is 2.09. The van der Waals surface area contributed by atoms with Crippen molar-refractivity contribution in [2.45, 2.75) is 0 Å². The highest BCUT2D eigenvalue weighted by molar-refractivity contribution is 5.90. The number of carboxylic acid groups (broad SMARTS) is 1. The first-order chi connectivity index (χ1) is 12.5. The van der Waals surface area contributed by atoms with E-state index in [1.54, 1.807) is 24.5 Å². The molecule has 0 saturated carbocycles. The van der Waals surface area contributed by atoms with Gasteiger partial charge in [0.15, 0.2) is 5.96 Å². The Hall–Kier alpha value is -3.87. The molecular weight excluding hydrogens is 332 g/mol. The zero-order valence-corrected chi connectivity index (χ0v) is 13.6. The summed E-state index contributed by atoms with van der Waals surface area (Å²) in [6.45, 7) is 0. The fourth-order valence-electron chi connectivity index (χ4n) is 2.36. The van der Waals surface area contributed by atoms with E-state index in [4.69, 9.17) is 20.7 Å². The number of nitrogens with two attached hydrogens (primary N) is 1. The lowest BCUT2D eigenvalue weighted by molar-refractivity contribution is -0.131. The molecule has 0 unspecified atom stereocenters. The van der Waals surface area contributed by atoms with Crippen molar-refractivity contribution in [3.8, 4) is 22.7 Å². The van der Waals surface area contributed by atoms with E-state index in [2.05, 4.69) is 10.3 Å². The predicted octanol–water partition coefficient (Wildman–Crippen LogP) is 3.41. The zero-order chi connectivity index (χ0) is 18.5. The lowest BCUT2D eigenvalue weighted by Gasteiger charge is -2.04. The van der Waals surface area contributed by atoms with Crippen molar-refractivity contribution in [1.82, 2.24) is 4.98 Å². The van der Waals surface area contributed by atoms with Gasteiger partial charge in [-0.1, -0.05) is 24.3 Å². The molecular formula is C19H16N4O3. The van der Waals surface area contributed by atoms with Crippen LogP contribution in [-0.2, 0) is 4.79 Å². The van der Waals surface area contributed by atoms with Crippen molar-refractivity contribution in [3.05, 3.63) is 66.4 Å². The van der Waals surface area contributed by atoms with Gasteiger partial charge in [-0.25, -0.2) is 9.78 Å². The van der Waals surface area contributed by atoms with Gasteiger partial charge < -0.3 is 20.6 Å². The molecule has 0 aliphatic carbocycles. The molecule has 130 valence electrons. The lowest BCUT2D eigenvalue weighted by Crippen LogP contribution is -2.20. The van der Waals surface area contributed by atoms with E-state index in [-0.39, 0.29) is 5.96 Å². The van der Waals surface area contributed by atoms with Gasteiger partial charge in [-0.15, -0.1) is 0 Å². The average Bonchev–Trinajstić information content (AvgIpc) is 3.10. The lowest BCUT2D eigenvalue weighted by atomic mass is 10.1. The molecule has 2 aromatic carbocycles. The van der Waals surface area contributed by atoms with E-state index in [9.17, 15) is 4.79 Å². The van der Waals surface area contributed by atoms with Gasteiger partial charge in [-0.2, -0.15) is 0 Å². The molecule has 0 spiro atoms. The monoisotopic (exact) mass is 348 g/mol. The van der Waals surface area contributed by atoms with Gasteiger partial charge in [0.05, 0.1) is 0 Å². The third-order valence-corrected chi connectivity index (χ3v) is 3.52. The Kier molecular flexibility index (Phi) is 4.80. The second kappa shape index (κ2) is 7.35. The first kappa shape index (κ1) is 17.0. The molecule has 0 aliphatic heterocycles. The van der Waals surface area contributed by atoms with Gasteiger partial charge in [0.1, 0.15) is 12.0 Å². The van der Waals surface area contributed by atoms with Crippen LogP contribution in [0.1, 0.15) is 5.56 Å². The topological polar surface area (TPSA) is 125 Å². The minimum atomic E-state index is -0.993. The number of oxazole rings is 1. The largest absolute Gasteiger partial charge is 0.478 e. The van der Waals surface area contributed by atoms with Crippen LogP contribution in [0, 0.1) is 5.41 Å². The van der Waals surface area contributed by atoms with Crippen LogP contribution < -0.4 is 11.1 Å². The molecule has 0 aliphatic rings. The maximum Gasteiger partial charge on any atom is 0.328 e. The van der Waals surface area contributed by atoms with Gasteiger partial charge in [0.2, 0.25) is 5.89 Å². The van der Waals surface area contributed by atoms with Crippen LogP contribution in [0.2, 0.25) is 0 Å². The highest BCUT2D eigenvalue weighted by Crippen LogP contribution is 2.26. The van der Waals surface area contributed by atoms with Gasteiger partial charge in [-0.05, 0) is 35.9 Å². The van der Waals surface area contributed by atoms with Gasteiger partial charge in [0, 0.05) is 22.9 Å². The van der Waals surface area contributed by atoms with Crippen LogP contribution in [-0.4, -0.2) is 22.0 Å². The molecule has 0 saturated heterocycles. The van der Waals surface area contributed by atoms with Gasteiger partial charge in [-0.3, -0.25) is 5.41 Å². The zero-order valence-electron chi connectivity index (χ0n) is 13.6. The fraction of sp³-hybridized carbons (Fsp3) is 0. The number of guanidine groups is 1. The van der Waals surface area contributed by atoms with Crippen molar-refractivity contribution < 1.29 is 14.3 Å². The summed E-state index contributed by atoms with van der Waals surface area (Å²) in [5, 5.41) is 18.7. The summed E-state index contributed by atoms with van der Waals surface area (Å²) < 4.78 is 5.55. The molecule has 0 amide bonds. The Morgan fingerprint density at radius 2 is 1.96 bits per heavy atom. The van der Waals surface area contributed by atoms with Crippen LogP contribution >= 0.6 is 0 Å². The molecule has 0 bridgehead atoms. The number of hydrogen-bond acceptors (Lipinski definition) is 4. The molecule has 7 nitrogen and oxygen atoms in total. The number of rotatable bonds is 5. The van der Waals surface area contributed by atoms with E-state index in [1.807, 2.05) is 30.3 Å². The number of aliphatic carboxylic acids is 1. The van der Waals surface area contributed by atoms with E-state index < -0.39 is 5.97 Å². The molecule has 26 heavy (non-hydrogen) atoms. The molecule has 0 fully saturated rings. The van der Waals surface area contributed by atoms with E-state index in [0.717, 1.165) is 22.8 Å².